The molecule has 0 aromatic heterocycles. The first-order valence-corrected chi connectivity index (χ1v) is 10.1. The molecule has 0 bridgehead atoms. The zero-order valence-electron chi connectivity index (χ0n) is 17.1. The van der Waals surface area contributed by atoms with Crippen LogP contribution in [-0.4, -0.2) is 61.1 Å². The average Bonchev–Trinajstić information content (AvgIpc) is 2.93. The first-order chi connectivity index (χ1) is 13.5. The Balaban J connectivity index is 1.92. The Morgan fingerprint density at radius 2 is 1.68 bits per heavy atom. The Hall–Kier alpha value is -2.34. The maximum atomic E-state index is 13.2. The summed E-state index contributed by atoms with van der Waals surface area (Å²) in [7, 11) is 1.62. The van der Waals surface area contributed by atoms with E-state index >= 15 is 0 Å². The van der Waals surface area contributed by atoms with Crippen LogP contribution in [0.15, 0.2) is 30.0 Å². The third kappa shape index (κ3) is 4.38. The van der Waals surface area contributed by atoms with Crippen molar-refractivity contribution in [2.24, 2.45) is 0 Å². The van der Waals surface area contributed by atoms with Gasteiger partial charge in [0.15, 0.2) is 0 Å². The number of nitrogens with zero attached hydrogens (tertiary/aromatic N) is 2. The molecule has 0 saturated carbocycles. The third-order valence-electron chi connectivity index (χ3n) is 5.06. The highest BCUT2D eigenvalue weighted by molar-refractivity contribution is 6.35. The molecule has 1 fully saturated rings. The molecule has 0 spiro atoms. The molecule has 0 atom stereocenters. The topological polar surface area (TPSA) is 59.1 Å². The van der Waals surface area contributed by atoms with Gasteiger partial charge in [-0.05, 0) is 57.2 Å². The third-order valence-corrected chi connectivity index (χ3v) is 5.06. The quantitative estimate of drug-likeness (QED) is 0.508. The first kappa shape index (κ1) is 20.4. The van der Waals surface area contributed by atoms with E-state index in [0.717, 1.165) is 37.2 Å². The normalized spacial score (nSPS) is 17.9. The van der Waals surface area contributed by atoms with Gasteiger partial charge in [0.2, 0.25) is 0 Å². The van der Waals surface area contributed by atoms with Gasteiger partial charge in [0.05, 0.1) is 11.7 Å². The highest BCUT2D eigenvalue weighted by Crippen LogP contribution is 2.34. The van der Waals surface area contributed by atoms with E-state index in [1.54, 1.807) is 7.11 Å². The Morgan fingerprint density at radius 3 is 2.29 bits per heavy atom. The van der Waals surface area contributed by atoms with Crippen LogP contribution < -0.4 is 4.74 Å². The van der Waals surface area contributed by atoms with Crippen molar-refractivity contribution in [2.75, 3.05) is 33.4 Å². The molecule has 152 valence electrons. The fraction of sp³-hybridized carbons (Fsp3) is 0.545. The van der Waals surface area contributed by atoms with E-state index < -0.39 is 0 Å². The van der Waals surface area contributed by atoms with E-state index in [1.165, 1.54) is 11.3 Å². The molecule has 1 aromatic rings. The second-order valence-electron chi connectivity index (χ2n) is 7.57. The number of imide groups is 1. The molecular formula is C22H30N2O4. The molecule has 0 unspecified atom stereocenters. The Morgan fingerprint density at radius 1 is 1.00 bits per heavy atom. The van der Waals surface area contributed by atoms with E-state index in [4.69, 9.17) is 9.47 Å². The van der Waals surface area contributed by atoms with Gasteiger partial charge in [0.1, 0.15) is 11.4 Å². The molecule has 2 amide bonds. The maximum Gasteiger partial charge on any atom is 0.277 e. The molecule has 2 heterocycles. The van der Waals surface area contributed by atoms with Crippen LogP contribution in [0.4, 0.5) is 0 Å². The number of carbonyl (C=O) groups is 2. The Labute approximate surface area is 167 Å². The number of benzene rings is 1. The number of carbonyl (C=O) groups excluding carboxylic acids is 2. The number of ether oxygens (including phenoxy) is 2. The van der Waals surface area contributed by atoms with Crippen LogP contribution in [0.25, 0.3) is 5.57 Å². The van der Waals surface area contributed by atoms with Gasteiger partial charge in [-0.25, -0.2) is 0 Å². The molecule has 1 aromatic carbocycles. The number of hydrogen-bond donors (Lipinski definition) is 0. The molecule has 3 rings (SSSR count). The van der Waals surface area contributed by atoms with E-state index in [9.17, 15) is 9.59 Å². The monoisotopic (exact) mass is 386 g/mol. The number of amides is 2. The van der Waals surface area contributed by atoms with E-state index in [1.807, 2.05) is 38.1 Å². The summed E-state index contributed by atoms with van der Waals surface area (Å²) in [6.45, 7) is 6.48. The van der Waals surface area contributed by atoms with Gasteiger partial charge in [-0.2, -0.15) is 0 Å². The molecule has 2 aliphatic heterocycles. The lowest BCUT2D eigenvalue weighted by Gasteiger charge is -2.29. The van der Waals surface area contributed by atoms with E-state index in [0.29, 0.717) is 30.8 Å². The molecular weight excluding hydrogens is 356 g/mol. The van der Waals surface area contributed by atoms with Crippen molar-refractivity contribution in [2.45, 2.75) is 45.6 Å². The fourth-order valence-corrected chi connectivity index (χ4v) is 3.78. The summed E-state index contributed by atoms with van der Waals surface area (Å²) >= 11 is 0. The SMILES string of the molecule is COCCCN1C(=O)C(c2ccc(OC(C)C)cc2)=C(N2CCCCC2)C1=O. The molecule has 6 nitrogen and oxygen atoms in total. The van der Waals surface area contributed by atoms with Crippen molar-refractivity contribution in [3.8, 4) is 5.75 Å². The largest absolute Gasteiger partial charge is 0.491 e. The number of methoxy groups -OCH3 is 1. The van der Waals surface area contributed by atoms with Gasteiger partial charge < -0.3 is 14.4 Å². The maximum absolute atomic E-state index is 13.2. The lowest BCUT2D eigenvalue weighted by atomic mass is 10.0. The van der Waals surface area contributed by atoms with Crippen LogP contribution in [0.1, 0.15) is 45.1 Å². The zero-order chi connectivity index (χ0) is 20.1. The molecule has 1 saturated heterocycles. The predicted octanol–water partition coefficient (Wildman–Crippen LogP) is 3.08. The van der Waals surface area contributed by atoms with Crippen LogP contribution in [0.3, 0.4) is 0 Å². The van der Waals surface area contributed by atoms with Gasteiger partial charge in [0.25, 0.3) is 11.8 Å². The fourth-order valence-electron chi connectivity index (χ4n) is 3.78. The second-order valence-corrected chi connectivity index (χ2v) is 7.57. The van der Waals surface area contributed by atoms with Crippen molar-refractivity contribution in [1.29, 1.82) is 0 Å². The van der Waals surface area contributed by atoms with Crippen molar-refractivity contribution < 1.29 is 19.1 Å². The molecule has 6 heteroatoms. The number of likely N-dealkylation sites (tertiary alicyclic amines) is 1. The van der Waals surface area contributed by atoms with Gasteiger partial charge in [-0.3, -0.25) is 14.5 Å². The van der Waals surface area contributed by atoms with Gasteiger partial charge in [0, 0.05) is 33.4 Å². The second kappa shape index (κ2) is 9.24. The molecule has 28 heavy (non-hydrogen) atoms. The lowest BCUT2D eigenvalue weighted by Crippen LogP contribution is -2.37. The number of hydrogen-bond acceptors (Lipinski definition) is 5. The molecule has 0 N–H and O–H groups in total. The van der Waals surface area contributed by atoms with Crippen LogP contribution in [-0.2, 0) is 14.3 Å². The minimum atomic E-state index is -0.209. The van der Waals surface area contributed by atoms with Crippen molar-refractivity contribution in [3.63, 3.8) is 0 Å². The minimum Gasteiger partial charge on any atom is -0.491 e. The smallest absolute Gasteiger partial charge is 0.277 e. The lowest BCUT2D eigenvalue weighted by molar-refractivity contribution is -0.137. The summed E-state index contributed by atoms with van der Waals surface area (Å²) in [6.07, 6.45) is 3.97. The predicted molar refractivity (Wildman–Crippen MR) is 108 cm³/mol. The number of piperidine rings is 1. The Bertz CT molecular complexity index is 733. The highest BCUT2D eigenvalue weighted by atomic mass is 16.5. The average molecular weight is 386 g/mol. The minimum absolute atomic E-state index is 0.0833. The first-order valence-electron chi connectivity index (χ1n) is 10.1. The summed E-state index contributed by atoms with van der Waals surface area (Å²) in [5.41, 5.74) is 1.84. The van der Waals surface area contributed by atoms with Crippen LogP contribution in [0.2, 0.25) is 0 Å². The van der Waals surface area contributed by atoms with Crippen molar-refractivity contribution >= 4 is 17.4 Å². The standard InChI is InChI=1S/C22H30N2O4/c1-16(2)28-18-10-8-17(9-11-18)19-20(23-12-5-4-6-13-23)22(26)24(21(19)25)14-7-15-27-3/h8-11,16H,4-7,12-15H2,1-3H3. The molecule has 0 radical (unpaired) electrons. The van der Waals surface area contributed by atoms with Gasteiger partial charge >= 0.3 is 0 Å². The van der Waals surface area contributed by atoms with Crippen molar-refractivity contribution in [1.82, 2.24) is 9.80 Å². The van der Waals surface area contributed by atoms with Crippen LogP contribution in [0, 0.1) is 0 Å². The summed E-state index contributed by atoms with van der Waals surface area (Å²) in [5, 5.41) is 0. The number of rotatable bonds is 8. The summed E-state index contributed by atoms with van der Waals surface area (Å²) in [6, 6.07) is 7.48. The highest BCUT2D eigenvalue weighted by Gasteiger charge is 2.41. The zero-order valence-corrected chi connectivity index (χ0v) is 17.1. The van der Waals surface area contributed by atoms with Crippen LogP contribution >= 0.6 is 0 Å². The van der Waals surface area contributed by atoms with Gasteiger partial charge in [-0.1, -0.05) is 12.1 Å². The summed E-state index contributed by atoms with van der Waals surface area (Å²) < 4.78 is 10.8. The van der Waals surface area contributed by atoms with E-state index in [-0.39, 0.29) is 17.9 Å². The van der Waals surface area contributed by atoms with E-state index in [2.05, 4.69) is 4.90 Å². The molecule has 0 aliphatic carbocycles. The molecule has 2 aliphatic rings. The summed E-state index contributed by atoms with van der Waals surface area (Å²) in [4.78, 5) is 29.8. The Kier molecular flexibility index (Phi) is 6.73. The van der Waals surface area contributed by atoms with Gasteiger partial charge in [-0.15, -0.1) is 0 Å². The van der Waals surface area contributed by atoms with Crippen LogP contribution in [0.5, 0.6) is 5.75 Å². The summed E-state index contributed by atoms with van der Waals surface area (Å²) in [5.74, 6) is 0.368. The van der Waals surface area contributed by atoms with Crippen molar-refractivity contribution in [3.05, 3.63) is 35.5 Å².